The molecule has 0 bridgehead atoms. The van der Waals surface area contributed by atoms with E-state index in [1.807, 2.05) is 4.90 Å². The summed E-state index contributed by atoms with van der Waals surface area (Å²) in [5.74, 6) is -0.236. The Morgan fingerprint density at radius 1 is 1.25 bits per heavy atom. The third-order valence-electron chi connectivity index (χ3n) is 2.54. The molecule has 0 aromatic heterocycles. The lowest BCUT2D eigenvalue weighted by Gasteiger charge is -2.19. The quantitative estimate of drug-likeness (QED) is 0.696. The molecule has 1 aliphatic heterocycles. The van der Waals surface area contributed by atoms with E-state index < -0.39 is 0 Å². The van der Waals surface area contributed by atoms with Crippen molar-refractivity contribution in [2.24, 2.45) is 0 Å². The van der Waals surface area contributed by atoms with E-state index in [1.165, 1.54) is 0 Å². The van der Waals surface area contributed by atoms with Gasteiger partial charge in [-0.1, -0.05) is 0 Å². The maximum Gasteiger partial charge on any atom is 0.306 e. The molecule has 16 heavy (non-hydrogen) atoms. The largest absolute Gasteiger partial charge is 0.466 e. The van der Waals surface area contributed by atoms with E-state index in [2.05, 4.69) is 5.32 Å². The molecule has 0 spiro atoms. The Morgan fingerprint density at radius 3 is 2.81 bits per heavy atom. The molecule has 0 aromatic carbocycles. The molecule has 5 heteroatoms. The van der Waals surface area contributed by atoms with Crippen LogP contribution in [-0.4, -0.2) is 49.6 Å². The summed E-state index contributed by atoms with van der Waals surface area (Å²) >= 11 is 0. The molecular weight excluding hydrogens is 208 g/mol. The van der Waals surface area contributed by atoms with Crippen LogP contribution in [0.3, 0.4) is 0 Å². The molecular formula is C11H20N2O3. The highest BCUT2D eigenvalue weighted by atomic mass is 16.5. The second-order valence-electron chi connectivity index (χ2n) is 3.79. The Bertz CT molecular complexity index is 235. The summed E-state index contributed by atoms with van der Waals surface area (Å²) in [4.78, 5) is 24.7. The van der Waals surface area contributed by atoms with Crippen LogP contribution in [0.2, 0.25) is 0 Å². The van der Waals surface area contributed by atoms with Gasteiger partial charge in [0.2, 0.25) is 5.91 Å². The van der Waals surface area contributed by atoms with Crippen molar-refractivity contribution >= 4 is 11.9 Å². The van der Waals surface area contributed by atoms with E-state index in [4.69, 9.17) is 4.74 Å². The fraction of sp³-hybridized carbons (Fsp3) is 0.818. The molecule has 0 aromatic rings. The Morgan fingerprint density at radius 2 is 2.06 bits per heavy atom. The number of amides is 1. The highest BCUT2D eigenvalue weighted by Gasteiger charge is 2.16. The molecule has 0 atom stereocenters. The first kappa shape index (κ1) is 13.0. The van der Waals surface area contributed by atoms with Crippen LogP contribution in [-0.2, 0) is 14.3 Å². The molecule has 1 heterocycles. The molecule has 1 amide bonds. The lowest BCUT2D eigenvalue weighted by atomic mass is 10.2. The standard InChI is InChI=1S/C11H20N2O3/c1-2-16-11(15)5-4-10(14)13-8-3-6-12-7-9-13/h12H,2-9H2,1H3. The van der Waals surface area contributed by atoms with Gasteiger partial charge in [0.1, 0.15) is 0 Å². The number of hydrogen-bond acceptors (Lipinski definition) is 4. The van der Waals surface area contributed by atoms with Gasteiger partial charge in [-0.15, -0.1) is 0 Å². The van der Waals surface area contributed by atoms with Gasteiger partial charge in [0.05, 0.1) is 13.0 Å². The summed E-state index contributed by atoms with van der Waals surface area (Å²) in [6.45, 7) is 5.46. The van der Waals surface area contributed by atoms with Crippen LogP contribution >= 0.6 is 0 Å². The summed E-state index contributed by atoms with van der Waals surface area (Å²) in [6, 6.07) is 0. The number of nitrogens with one attached hydrogen (secondary N) is 1. The first-order valence-electron chi connectivity index (χ1n) is 5.88. The third kappa shape index (κ3) is 4.61. The molecule has 1 aliphatic rings. The predicted molar refractivity (Wildman–Crippen MR) is 59.9 cm³/mol. The van der Waals surface area contributed by atoms with E-state index in [0.717, 1.165) is 32.6 Å². The maximum absolute atomic E-state index is 11.7. The van der Waals surface area contributed by atoms with Gasteiger partial charge in [0, 0.05) is 26.1 Å². The van der Waals surface area contributed by atoms with E-state index in [1.54, 1.807) is 6.92 Å². The fourth-order valence-corrected chi connectivity index (χ4v) is 1.70. The zero-order valence-electron chi connectivity index (χ0n) is 9.83. The first-order valence-corrected chi connectivity index (χ1v) is 5.88. The zero-order chi connectivity index (χ0) is 11.8. The smallest absolute Gasteiger partial charge is 0.306 e. The molecule has 1 fully saturated rings. The van der Waals surface area contributed by atoms with Crippen molar-refractivity contribution in [3.63, 3.8) is 0 Å². The molecule has 0 aliphatic carbocycles. The van der Waals surface area contributed by atoms with Gasteiger partial charge in [0.25, 0.3) is 0 Å². The Hall–Kier alpha value is -1.10. The minimum Gasteiger partial charge on any atom is -0.466 e. The highest BCUT2D eigenvalue weighted by Crippen LogP contribution is 2.02. The topological polar surface area (TPSA) is 58.6 Å². The first-order chi connectivity index (χ1) is 7.74. The van der Waals surface area contributed by atoms with Gasteiger partial charge in [-0.2, -0.15) is 0 Å². The Kier molecular flexibility index (Phi) is 5.85. The fourth-order valence-electron chi connectivity index (χ4n) is 1.70. The van der Waals surface area contributed by atoms with Crippen LogP contribution in [0.5, 0.6) is 0 Å². The van der Waals surface area contributed by atoms with Crippen LogP contribution in [0.25, 0.3) is 0 Å². The van der Waals surface area contributed by atoms with E-state index in [0.29, 0.717) is 6.61 Å². The van der Waals surface area contributed by atoms with Crippen molar-refractivity contribution < 1.29 is 14.3 Å². The second kappa shape index (κ2) is 7.22. The normalized spacial score (nSPS) is 16.7. The van der Waals surface area contributed by atoms with Gasteiger partial charge in [-0.25, -0.2) is 0 Å². The van der Waals surface area contributed by atoms with E-state index in [9.17, 15) is 9.59 Å². The summed E-state index contributed by atoms with van der Waals surface area (Å²) in [5.41, 5.74) is 0. The zero-order valence-corrected chi connectivity index (χ0v) is 9.83. The molecule has 0 saturated carbocycles. The minimum absolute atomic E-state index is 0.0525. The molecule has 0 unspecified atom stereocenters. The van der Waals surface area contributed by atoms with Crippen molar-refractivity contribution in [1.82, 2.24) is 10.2 Å². The van der Waals surface area contributed by atoms with Crippen LogP contribution in [0.4, 0.5) is 0 Å². The van der Waals surface area contributed by atoms with Crippen molar-refractivity contribution in [2.75, 3.05) is 32.8 Å². The number of hydrogen-bond donors (Lipinski definition) is 1. The van der Waals surface area contributed by atoms with Gasteiger partial charge in [-0.05, 0) is 19.9 Å². The molecule has 92 valence electrons. The van der Waals surface area contributed by atoms with Crippen molar-refractivity contribution in [2.45, 2.75) is 26.2 Å². The van der Waals surface area contributed by atoms with Gasteiger partial charge in [-0.3, -0.25) is 9.59 Å². The predicted octanol–water partition coefficient (Wildman–Crippen LogP) is 0.152. The summed E-state index contributed by atoms with van der Waals surface area (Å²) in [7, 11) is 0. The number of carbonyl (C=O) groups excluding carboxylic acids is 2. The number of esters is 1. The highest BCUT2D eigenvalue weighted by molar-refractivity contribution is 5.81. The van der Waals surface area contributed by atoms with E-state index >= 15 is 0 Å². The summed E-state index contributed by atoms with van der Waals surface area (Å²) in [6.07, 6.45) is 1.43. The van der Waals surface area contributed by atoms with Gasteiger partial charge in [0.15, 0.2) is 0 Å². The van der Waals surface area contributed by atoms with E-state index in [-0.39, 0.29) is 24.7 Å². The monoisotopic (exact) mass is 228 g/mol. The van der Waals surface area contributed by atoms with Crippen LogP contribution < -0.4 is 5.32 Å². The van der Waals surface area contributed by atoms with Gasteiger partial charge < -0.3 is 15.0 Å². The number of nitrogens with zero attached hydrogens (tertiary/aromatic N) is 1. The van der Waals surface area contributed by atoms with Crippen molar-refractivity contribution in [3.8, 4) is 0 Å². The summed E-state index contributed by atoms with van der Waals surface area (Å²) in [5, 5.41) is 3.23. The second-order valence-corrected chi connectivity index (χ2v) is 3.79. The number of ether oxygens (including phenoxy) is 1. The van der Waals surface area contributed by atoms with Crippen LogP contribution in [0.15, 0.2) is 0 Å². The molecule has 0 radical (unpaired) electrons. The number of carbonyl (C=O) groups is 2. The maximum atomic E-state index is 11.7. The van der Waals surface area contributed by atoms with Crippen molar-refractivity contribution in [3.05, 3.63) is 0 Å². The van der Waals surface area contributed by atoms with Crippen LogP contribution in [0.1, 0.15) is 26.2 Å². The average molecular weight is 228 g/mol. The summed E-state index contributed by atoms with van der Waals surface area (Å²) < 4.78 is 4.78. The Balaban J connectivity index is 2.25. The SMILES string of the molecule is CCOC(=O)CCC(=O)N1CCCNCC1. The minimum atomic E-state index is -0.288. The molecule has 1 rings (SSSR count). The number of rotatable bonds is 4. The third-order valence-corrected chi connectivity index (χ3v) is 2.54. The molecule has 5 nitrogen and oxygen atoms in total. The average Bonchev–Trinajstić information content (AvgIpc) is 2.55. The van der Waals surface area contributed by atoms with Crippen molar-refractivity contribution in [1.29, 1.82) is 0 Å². The lowest BCUT2D eigenvalue weighted by molar-refractivity contribution is -0.145. The molecule has 1 saturated heterocycles. The lowest BCUT2D eigenvalue weighted by Crippen LogP contribution is -2.34. The Labute approximate surface area is 96.1 Å². The van der Waals surface area contributed by atoms with Gasteiger partial charge >= 0.3 is 5.97 Å². The van der Waals surface area contributed by atoms with Crippen LogP contribution in [0, 0.1) is 0 Å². The molecule has 1 N–H and O–H groups in total.